The molecule has 1 saturated heterocycles. The highest BCUT2D eigenvalue weighted by Crippen LogP contribution is 2.25. The van der Waals surface area contributed by atoms with Gasteiger partial charge in [0.05, 0.1) is 18.0 Å². The van der Waals surface area contributed by atoms with E-state index >= 15 is 0 Å². The van der Waals surface area contributed by atoms with Gasteiger partial charge in [0.25, 0.3) is 5.91 Å². The fraction of sp³-hybridized carbons (Fsp3) is 0.562. The number of nitrogens with zero attached hydrogens (tertiary/aromatic N) is 2. The molecule has 1 heterocycles. The molecule has 2 rings (SSSR count). The molecule has 0 aliphatic carbocycles. The Morgan fingerprint density at radius 2 is 2.13 bits per heavy atom. The van der Waals surface area contributed by atoms with E-state index in [1.165, 1.54) is 4.31 Å². The summed E-state index contributed by atoms with van der Waals surface area (Å²) >= 11 is 0. The number of hydrogen-bond acceptors (Lipinski definition) is 4. The van der Waals surface area contributed by atoms with Crippen molar-refractivity contribution in [1.82, 2.24) is 4.90 Å². The van der Waals surface area contributed by atoms with Gasteiger partial charge in [-0.1, -0.05) is 19.4 Å². The third-order valence-electron chi connectivity index (χ3n) is 3.92. The lowest BCUT2D eigenvalue weighted by Gasteiger charge is -2.23. The molecule has 0 bridgehead atoms. The minimum Gasteiger partial charge on any atom is -0.395 e. The number of anilines is 1. The van der Waals surface area contributed by atoms with Gasteiger partial charge in [-0.3, -0.25) is 9.10 Å². The van der Waals surface area contributed by atoms with Gasteiger partial charge in [-0.05, 0) is 31.0 Å². The zero-order valence-corrected chi connectivity index (χ0v) is 14.3. The van der Waals surface area contributed by atoms with Gasteiger partial charge < -0.3 is 10.0 Å². The fourth-order valence-electron chi connectivity index (χ4n) is 2.69. The summed E-state index contributed by atoms with van der Waals surface area (Å²) in [6, 6.07) is 6.72. The van der Waals surface area contributed by atoms with Crippen molar-refractivity contribution in [2.45, 2.75) is 26.2 Å². The van der Waals surface area contributed by atoms with Gasteiger partial charge in [-0.2, -0.15) is 0 Å². The molecule has 128 valence electrons. The fourth-order valence-corrected chi connectivity index (χ4v) is 4.25. The SMILES string of the molecule is CCCCN(CCO)C(=O)c1cccc(N2CCCS2(=O)=O)c1. The summed E-state index contributed by atoms with van der Waals surface area (Å²) in [5.74, 6) is -0.0239. The first-order chi connectivity index (χ1) is 11.0. The van der Waals surface area contributed by atoms with Crippen LogP contribution in [0.2, 0.25) is 0 Å². The van der Waals surface area contributed by atoms with Crippen LogP contribution < -0.4 is 4.31 Å². The van der Waals surface area contributed by atoms with E-state index in [-0.39, 0.29) is 24.8 Å². The number of aliphatic hydroxyl groups excluding tert-OH is 1. The Bertz CT molecular complexity index is 645. The van der Waals surface area contributed by atoms with Crippen LogP contribution in [0, 0.1) is 0 Å². The number of rotatable bonds is 7. The molecule has 7 heteroatoms. The number of aliphatic hydroxyl groups is 1. The Morgan fingerprint density at radius 3 is 2.74 bits per heavy atom. The number of unbranched alkanes of at least 4 members (excludes halogenated alkanes) is 1. The molecule has 0 aromatic heterocycles. The number of benzene rings is 1. The summed E-state index contributed by atoms with van der Waals surface area (Å²) in [5, 5.41) is 9.15. The molecule has 1 N–H and O–H groups in total. The van der Waals surface area contributed by atoms with Crippen LogP contribution in [-0.2, 0) is 10.0 Å². The smallest absolute Gasteiger partial charge is 0.254 e. The molecule has 23 heavy (non-hydrogen) atoms. The second-order valence-corrected chi connectivity index (χ2v) is 7.67. The van der Waals surface area contributed by atoms with Gasteiger partial charge in [0.15, 0.2) is 0 Å². The third kappa shape index (κ3) is 4.23. The molecule has 0 spiro atoms. The topological polar surface area (TPSA) is 77.9 Å². The van der Waals surface area contributed by atoms with Gasteiger partial charge in [-0.25, -0.2) is 8.42 Å². The maximum atomic E-state index is 12.6. The largest absolute Gasteiger partial charge is 0.395 e. The van der Waals surface area contributed by atoms with Crippen molar-refractivity contribution in [2.24, 2.45) is 0 Å². The first kappa shape index (κ1) is 17.7. The van der Waals surface area contributed by atoms with Crippen LogP contribution in [0.3, 0.4) is 0 Å². The molecule has 0 saturated carbocycles. The number of carbonyl (C=O) groups excluding carboxylic acids is 1. The van der Waals surface area contributed by atoms with Crippen molar-refractivity contribution in [2.75, 3.05) is 36.3 Å². The molecular weight excluding hydrogens is 316 g/mol. The molecule has 0 unspecified atom stereocenters. The van der Waals surface area contributed by atoms with Gasteiger partial charge in [0, 0.05) is 25.2 Å². The van der Waals surface area contributed by atoms with Crippen molar-refractivity contribution < 1.29 is 18.3 Å². The lowest BCUT2D eigenvalue weighted by molar-refractivity contribution is 0.0719. The lowest BCUT2D eigenvalue weighted by atomic mass is 10.1. The normalized spacial score (nSPS) is 16.5. The lowest BCUT2D eigenvalue weighted by Crippen LogP contribution is -2.34. The maximum absolute atomic E-state index is 12.6. The molecule has 1 aromatic rings. The second kappa shape index (κ2) is 7.79. The standard InChI is InChI=1S/C16H24N2O4S/c1-2-3-8-17(10-11-19)16(20)14-6-4-7-15(13-14)18-9-5-12-23(18,21)22/h4,6-7,13,19H,2-3,5,8-12H2,1H3. The van der Waals surface area contributed by atoms with Crippen LogP contribution in [0.15, 0.2) is 24.3 Å². The van der Waals surface area contributed by atoms with Gasteiger partial charge in [0.2, 0.25) is 10.0 Å². The van der Waals surface area contributed by atoms with E-state index in [1.54, 1.807) is 29.2 Å². The Morgan fingerprint density at radius 1 is 1.35 bits per heavy atom. The number of hydrogen-bond donors (Lipinski definition) is 1. The van der Waals surface area contributed by atoms with E-state index in [0.29, 0.717) is 30.8 Å². The molecule has 1 aliphatic heterocycles. The zero-order valence-electron chi connectivity index (χ0n) is 13.4. The Labute approximate surface area is 137 Å². The first-order valence-electron chi connectivity index (χ1n) is 8.00. The van der Waals surface area contributed by atoms with E-state index in [1.807, 2.05) is 6.92 Å². The molecule has 1 aliphatic rings. The summed E-state index contributed by atoms with van der Waals surface area (Å²) in [5.41, 5.74) is 0.988. The molecule has 1 fully saturated rings. The minimum absolute atomic E-state index is 0.0876. The Hall–Kier alpha value is -1.60. The van der Waals surface area contributed by atoms with Gasteiger partial charge in [-0.15, -0.1) is 0 Å². The van der Waals surface area contributed by atoms with Gasteiger partial charge in [0.1, 0.15) is 0 Å². The van der Waals surface area contributed by atoms with Crippen LogP contribution in [0.5, 0.6) is 0 Å². The second-order valence-electron chi connectivity index (χ2n) is 5.66. The van der Waals surface area contributed by atoms with Gasteiger partial charge >= 0.3 is 0 Å². The monoisotopic (exact) mass is 340 g/mol. The first-order valence-corrected chi connectivity index (χ1v) is 9.61. The van der Waals surface area contributed by atoms with E-state index in [0.717, 1.165) is 12.8 Å². The number of carbonyl (C=O) groups is 1. The highest BCUT2D eigenvalue weighted by Gasteiger charge is 2.29. The third-order valence-corrected chi connectivity index (χ3v) is 5.79. The molecule has 0 atom stereocenters. The van der Waals surface area contributed by atoms with E-state index in [2.05, 4.69) is 0 Å². The van der Waals surface area contributed by atoms with Crippen molar-refractivity contribution in [1.29, 1.82) is 0 Å². The summed E-state index contributed by atoms with van der Waals surface area (Å²) in [6.45, 7) is 3.28. The summed E-state index contributed by atoms with van der Waals surface area (Å²) < 4.78 is 25.4. The molecule has 1 amide bonds. The Balaban J connectivity index is 2.22. The minimum atomic E-state index is -3.26. The highest BCUT2D eigenvalue weighted by molar-refractivity contribution is 7.93. The molecule has 0 radical (unpaired) electrons. The number of amides is 1. The van der Waals surface area contributed by atoms with E-state index < -0.39 is 10.0 Å². The van der Waals surface area contributed by atoms with Crippen LogP contribution >= 0.6 is 0 Å². The average Bonchev–Trinajstić information content (AvgIpc) is 2.90. The molecule has 1 aromatic carbocycles. The van der Waals surface area contributed by atoms with Crippen molar-refractivity contribution in [3.05, 3.63) is 29.8 Å². The summed E-state index contributed by atoms with van der Waals surface area (Å²) in [6.07, 6.45) is 2.43. The van der Waals surface area contributed by atoms with E-state index in [4.69, 9.17) is 5.11 Å². The number of sulfonamides is 1. The van der Waals surface area contributed by atoms with Crippen LogP contribution in [0.1, 0.15) is 36.5 Å². The zero-order chi connectivity index (χ0) is 16.9. The van der Waals surface area contributed by atoms with Crippen LogP contribution in [-0.4, -0.2) is 56.3 Å². The van der Waals surface area contributed by atoms with Crippen LogP contribution in [0.25, 0.3) is 0 Å². The maximum Gasteiger partial charge on any atom is 0.254 e. The predicted octanol–water partition coefficient (Wildman–Crippen LogP) is 1.46. The summed E-state index contributed by atoms with van der Waals surface area (Å²) in [7, 11) is -3.26. The Kier molecular flexibility index (Phi) is 6.01. The van der Waals surface area contributed by atoms with Crippen molar-refractivity contribution in [3.8, 4) is 0 Å². The molecular formula is C16H24N2O4S. The molecule has 6 nitrogen and oxygen atoms in total. The van der Waals surface area contributed by atoms with Crippen molar-refractivity contribution in [3.63, 3.8) is 0 Å². The van der Waals surface area contributed by atoms with Crippen LogP contribution in [0.4, 0.5) is 5.69 Å². The quantitative estimate of drug-likeness (QED) is 0.815. The van der Waals surface area contributed by atoms with Crippen molar-refractivity contribution >= 4 is 21.6 Å². The van der Waals surface area contributed by atoms with E-state index in [9.17, 15) is 13.2 Å². The predicted molar refractivity (Wildman–Crippen MR) is 90.1 cm³/mol. The average molecular weight is 340 g/mol. The summed E-state index contributed by atoms with van der Waals surface area (Å²) in [4.78, 5) is 14.2. The highest BCUT2D eigenvalue weighted by atomic mass is 32.2.